The summed E-state index contributed by atoms with van der Waals surface area (Å²) in [6, 6.07) is 24.0. The van der Waals surface area contributed by atoms with Crippen molar-refractivity contribution in [1.29, 1.82) is 0 Å². The van der Waals surface area contributed by atoms with E-state index >= 15 is 0 Å². The smallest absolute Gasteiger partial charge is 0.0708 e. The van der Waals surface area contributed by atoms with Crippen LogP contribution in [0.2, 0.25) is 0 Å². The first-order chi connectivity index (χ1) is 11.9. The molecule has 2 aromatic carbocycles. The van der Waals surface area contributed by atoms with Crippen LogP contribution < -0.4 is 0 Å². The highest BCUT2D eigenvalue weighted by atomic mass is 14.7. The first-order valence-electron chi connectivity index (χ1n) is 9.00. The predicted octanol–water partition coefficient (Wildman–Crippen LogP) is 5.93. The molecule has 3 saturated carbocycles. The highest BCUT2D eigenvalue weighted by molar-refractivity contribution is 5.70. The fourth-order valence-corrected chi connectivity index (χ4v) is 4.71. The second-order valence-electron chi connectivity index (χ2n) is 7.28. The Morgan fingerprint density at radius 1 is 0.708 bits per heavy atom. The number of rotatable bonds is 3. The summed E-state index contributed by atoms with van der Waals surface area (Å²) in [6.07, 6.45) is 6.28. The lowest BCUT2D eigenvalue weighted by atomic mass is 9.68. The van der Waals surface area contributed by atoms with Crippen molar-refractivity contribution in [2.75, 3.05) is 0 Å². The van der Waals surface area contributed by atoms with Gasteiger partial charge in [0.25, 0.3) is 0 Å². The molecule has 6 rings (SSSR count). The van der Waals surface area contributed by atoms with E-state index in [1.54, 1.807) is 5.56 Å². The minimum Gasteiger partial charge on any atom is -0.256 e. The van der Waals surface area contributed by atoms with Crippen LogP contribution in [0.1, 0.15) is 30.7 Å². The fourth-order valence-electron chi connectivity index (χ4n) is 4.71. The zero-order valence-electron chi connectivity index (χ0n) is 13.7. The van der Waals surface area contributed by atoms with Crippen LogP contribution in [0.15, 0.2) is 72.9 Å². The van der Waals surface area contributed by atoms with Crippen LogP contribution in [0, 0.1) is 11.8 Å². The highest BCUT2D eigenvalue weighted by Gasteiger charge is 2.46. The molecule has 1 heterocycles. The number of fused-ring (bicyclic) bond motifs is 1. The number of nitrogens with zero attached hydrogens (tertiary/aromatic N) is 1. The molecule has 2 atom stereocenters. The van der Waals surface area contributed by atoms with Gasteiger partial charge in [-0.1, -0.05) is 54.6 Å². The summed E-state index contributed by atoms with van der Waals surface area (Å²) < 4.78 is 0. The molecule has 1 heteroatoms. The summed E-state index contributed by atoms with van der Waals surface area (Å²) in [4.78, 5) is 4.53. The van der Waals surface area contributed by atoms with E-state index in [0.717, 1.165) is 23.4 Å². The van der Waals surface area contributed by atoms with E-state index in [1.807, 2.05) is 12.3 Å². The molecular weight excluding hydrogens is 290 g/mol. The Morgan fingerprint density at radius 3 is 2.17 bits per heavy atom. The Balaban J connectivity index is 1.44. The van der Waals surface area contributed by atoms with Crippen LogP contribution in [0.25, 0.3) is 22.4 Å². The normalized spacial score (nSPS) is 24.6. The molecule has 118 valence electrons. The van der Waals surface area contributed by atoms with Gasteiger partial charge in [-0.3, -0.25) is 4.98 Å². The maximum atomic E-state index is 4.53. The molecule has 3 aromatic rings. The summed E-state index contributed by atoms with van der Waals surface area (Å²) in [7, 11) is 0. The molecule has 0 spiro atoms. The van der Waals surface area contributed by atoms with E-state index in [2.05, 4.69) is 65.6 Å². The minimum absolute atomic E-state index is 0.844. The van der Waals surface area contributed by atoms with Gasteiger partial charge >= 0.3 is 0 Å². The number of hydrogen-bond acceptors (Lipinski definition) is 1. The van der Waals surface area contributed by atoms with Gasteiger partial charge in [0.05, 0.1) is 5.69 Å². The molecule has 0 aliphatic heterocycles. The standard InChI is InChI=1S/C23H21N/c1-2-4-17(5-3-1)22-15-19(12-13-24-22)16-6-8-18(9-7-16)23-20-10-11-21(23)14-20/h1-9,12-13,15,20-21,23H,10-11,14H2. The second kappa shape index (κ2) is 5.59. The molecule has 2 bridgehead atoms. The molecule has 3 aliphatic rings. The lowest BCUT2D eigenvalue weighted by Crippen LogP contribution is -2.25. The van der Waals surface area contributed by atoms with Crippen LogP contribution in [0.5, 0.6) is 0 Å². The quantitative estimate of drug-likeness (QED) is 0.584. The van der Waals surface area contributed by atoms with Crippen molar-refractivity contribution < 1.29 is 0 Å². The number of benzene rings is 2. The van der Waals surface area contributed by atoms with E-state index in [-0.39, 0.29) is 0 Å². The third-order valence-electron chi connectivity index (χ3n) is 5.99. The summed E-state index contributed by atoms with van der Waals surface area (Å²) in [5.74, 6) is 2.77. The second-order valence-corrected chi connectivity index (χ2v) is 7.28. The van der Waals surface area contributed by atoms with E-state index in [1.165, 1.54) is 36.0 Å². The summed E-state index contributed by atoms with van der Waals surface area (Å²) in [5, 5.41) is 0. The topological polar surface area (TPSA) is 12.9 Å². The molecule has 0 saturated heterocycles. The van der Waals surface area contributed by atoms with Crippen molar-refractivity contribution in [3.8, 4) is 22.4 Å². The van der Waals surface area contributed by atoms with Crippen molar-refractivity contribution >= 4 is 0 Å². The zero-order chi connectivity index (χ0) is 15.9. The third-order valence-corrected chi connectivity index (χ3v) is 5.99. The average molecular weight is 311 g/mol. The lowest BCUT2D eigenvalue weighted by Gasteiger charge is -2.36. The van der Waals surface area contributed by atoms with Gasteiger partial charge in [-0.15, -0.1) is 0 Å². The number of hydrogen-bond donors (Lipinski definition) is 0. The van der Waals surface area contributed by atoms with Gasteiger partial charge in [-0.05, 0) is 65.8 Å². The molecule has 1 aromatic heterocycles. The SMILES string of the molecule is c1ccc(-c2cc(-c3ccc(C4C5CCC4C5)cc3)ccn2)cc1. The average Bonchev–Trinajstić information content (AvgIpc) is 3.28. The fraction of sp³-hybridized carbons (Fsp3) is 0.261. The van der Waals surface area contributed by atoms with Gasteiger partial charge in [0.15, 0.2) is 0 Å². The van der Waals surface area contributed by atoms with Gasteiger partial charge in [0, 0.05) is 11.8 Å². The maximum absolute atomic E-state index is 4.53. The molecule has 3 fully saturated rings. The van der Waals surface area contributed by atoms with Crippen LogP contribution in [0.4, 0.5) is 0 Å². The molecule has 3 aliphatic carbocycles. The Bertz CT molecular complexity index is 837. The lowest BCUT2D eigenvalue weighted by molar-refractivity contribution is 0.239. The van der Waals surface area contributed by atoms with E-state index in [4.69, 9.17) is 0 Å². The summed E-state index contributed by atoms with van der Waals surface area (Å²) in [6.45, 7) is 0. The Hall–Kier alpha value is -2.41. The summed E-state index contributed by atoms with van der Waals surface area (Å²) >= 11 is 0. The van der Waals surface area contributed by atoms with Crippen LogP contribution in [-0.4, -0.2) is 4.98 Å². The highest BCUT2D eigenvalue weighted by Crippen LogP contribution is 2.58. The molecule has 0 radical (unpaired) electrons. The maximum Gasteiger partial charge on any atom is 0.0708 e. The molecule has 1 nitrogen and oxygen atoms in total. The summed E-state index contributed by atoms with van der Waals surface area (Å²) in [5.41, 5.74) is 6.28. The monoisotopic (exact) mass is 311 g/mol. The van der Waals surface area contributed by atoms with E-state index < -0.39 is 0 Å². The largest absolute Gasteiger partial charge is 0.256 e. The van der Waals surface area contributed by atoms with Crippen molar-refractivity contribution in [2.24, 2.45) is 11.8 Å². The van der Waals surface area contributed by atoms with E-state index in [9.17, 15) is 0 Å². The number of pyridine rings is 1. The molecule has 0 N–H and O–H groups in total. The van der Waals surface area contributed by atoms with E-state index in [0.29, 0.717) is 0 Å². The predicted molar refractivity (Wildman–Crippen MR) is 98.7 cm³/mol. The molecule has 2 unspecified atom stereocenters. The third kappa shape index (κ3) is 2.27. The minimum atomic E-state index is 0.844. The first-order valence-corrected chi connectivity index (χ1v) is 9.00. The van der Waals surface area contributed by atoms with Crippen LogP contribution >= 0.6 is 0 Å². The number of aromatic nitrogens is 1. The Morgan fingerprint density at radius 2 is 1.46 bits per heavy atom. The van der Waals surface area contributed by atoms with Crippen molar-refractivity contribution in [3.63, 3.8) is 0 Å². The van der Waals surface area contributed by atoms with Gasteiger partial charge < -0.3 is 0 Å². The van der Waals surface area contributed by atoms with Gasteiger partial charge in [-0.25, -0.2) is 0 Å². The molecule has 24 heavy (non-hydrogen) atoms. The van der Waals surface area contributed by atoms with Gasteiger partial charge in [0.1, 0.15) is 0 Å². The first kappa shape index (κ1) is 14.0. The van der Waals surface area contributed by atoms with Crippen molar-refractivity contribution in [1.82, 2.24) is 4.98 Å². The van der Waals surface area contributed by atoms with Crippen LogP contribution in [-0.2, 0) is 0 Å². The van der Waals surface area contributed by atoms with Crippen molar-refractivity contribution in [2.45, 2.75) is 25.2 Å². The Labute approximate surface area is 143 Å². The Kier molecular flexibility index (Phi) is 3.26. The molecule has 0 amide bonds. The van der Waals surface area contributed by atoms with Crippen LogP contribution in [0.3, 0.4) is 0 Å². The van der Waals surface area contributed by atoms with Crippen molar-refractivity contribution in [3.05, 3.63) is 78.5 Å². The van der Waals surface area contributed by atoms with Gasteiger partial charge in [0.2, 0.25) is 0 Å². The van der Waals surface area contributed by atoms with Gasteiger partial charge in [-0.2, -0.15) is 0 Å². The molecular formula is C23H21N. The zero-order valence-corrected chi connectivity index (χ0v) is 13.7.